The minimum Gasteiger partial charge on any atom is -0.504 e. The van der Waals surface area contributed by atoms with E-state index in [2.05, 4.69) is 34.9 Å². The van der Waals surface area contributed by atoms with Gasteiger partial charge in [0.15, 0.2) is 5.75 Å². The number of H-pyrrole nitrogens is 1. The van der Waals surface area contributed by atoms with Crippen molar-refractivity contribution in [3.63, 3.8) is 0 Å². The molecule has 6 N–H and O–H groups in total. The fourth-order valence-corrected chi connectivity index (χ4v) is 6.22. The van der Waals surface area contributed by atoms with E-state index in [0.717, 1.165) is 12.1 Å². The molecule has 4 aromatic carbocycles. The van der Waals surface area contributed by atoms with Gasteiger partial charge in [0, 0.05) is 16.8 Å². The molecule has 18 heteroatoms. The van der Waals surface area contributed by atoms with Crippen LogP contribution in [0.3, 0.4) is 0 Å². The second-order valence-corrected chi connectivity index (χ2v) is 12.3. The first-order chi connectivity index (χ1) is 20.8. The summed E-state index contributed by atoms with van der Waals surface area (Å²) in [6.07, 6.45) is 1.21. The van der Waals surface area contributed by atoms with E-state index in [9.17, 15) is 31.5 Å². The summed E-state index contributed by atoms with van der Waals surface area (Å²) in [6.45, 7) is 0. The number of aromatic hydroxyl groups is 1. The minimum absolute atomic E-state index is 0.0196. The molecular weight excluding hydrogens is 618 g/mol. The van der Waals surface area contributed by atoms with Crippen LogP contribution in [0.1, 0.15) is 20.7 Å². The number of nitrogens with one attached hydrogen (secondary N) is 3. The van der Waals surface area contributed by atoms with Crippen molar-refractivity contribution in [1.29, 1.82) is 0 Å². The molecular formula is C26H19N7O9S2. The van der Waals surface area contributed by atoms with Gasteiger partial charge in [-0.15, -0.1) is 20.4 Å². The third kappa shape index (κ3) is 6.15. The zero-order chi connectivity index (χ0) is 31.6. The summed E-state index contributed by atoms with van der Waals surface area (Å²) < 4.78 is 57.7. The van der Waals surface area contributed by atoms with Crippen LogP contribution < -0.4 is 9.44 Å². The largest absolute Gasteiger partial charge is 0.504 e. The lowest BCUT2D eigenvalue weighted by atomic mass is 10.1. The fourth-order valence-electron chi connectivity index (χ4n) is 3.93. The lowest BCUT2D eigenvalue weighted by Gasteiger charge is -2.14. The van der Waals surface area contributed by atoms with Gasteiger partial charge >= 0.3 is 11.9 Å². The van der Waals surface area contributed by atoms with Gasteiger partial charge in [-0.05, 0) is 72.1 Å². The number of benzene rings is 4. The van der Waals surface area contributed by atoms with Crippen molar-refractivity contribution in [2.75, 3.05) is 9.44 Å². The van der Waals surface area contributed by atoms with Gasteiger partial charge in [0.1, 0.15) is 16.9 Å². The van der Waals surface area contributed by atoms with E-state index in [4.69, 9.17) is 10.2 Å². The maximum absolute atomic E-state index is 13.4. The Hall–Kier alpha value is -5.88. The zero-order valence-electron chi connectivity index (χ0n) is 21.9. The molecule has 0 fully saturated rings. The Labute approximate surface area is 247 Å². The molecule has 0 aliphatic carbocycles. The number of rotatable bonds is 10. The van der Waals surface area contributed by atoms with E-state index in [-0.39, 0.29) is 49.8 Å². The Kier molecular flexibility index (Phi) is 7.68. The number of phenols is 1. The Balaban J connectivity index is 1.59. The molecule has 0 unspecified atom stereocenters. The number of azo groups is 1. The highest BCUT2D eigenvalue weighted by atomic mass is 32.2. The number of aromatic nitrogens is 3. The smallest absolute Gasteiger partial charge is 0.335 e. The van der Waals surface area contributed by atoms with Crippen LogP contribution in [0.15, 0.2) is 99.1 Å². The third-order valence-corrected chi connectivity index (χ3v) is 8.81. The van der Waals surface area contributed by atoms with Crippen LogP contribution in [0.5, 0.6) is 5.75 Å². The predicted molar refractivity (Wildman–Crippen MR) is 155 cm³/mol. The second-order valence-electron chi connectivity index (χ2n) is 8.94. The minimum atomic E-state index is -4.57. The van der Waals surface area contributed by atoms with Crippen LogP contribution in [-0.2, 0) is 20.0 Å². The number of anilines is 2. The normalized spacial score (nSPS) is 11.9. The number of aromatic amines is 1. The van der Waals surface area contributed by atoms with E-state index in [0.29, 0.717) is 0 Å². The maximum atomic E-state index is 13.4. The van der Waals surface area contributed by atoms with Gasteiger partial charge in [0.25, 0.3) is 26.0 Å². The first-order valence-electron chi connectivity index (χ1n) is 12.1. The van der Waals surface area contributed by atoms with E-state index in [1.165, 1.54) is 67.0 Å². The quantitative estimate of drug-likeness (QED) is 0.119. The van der Waals surface area contributed by atoms with Gasteiger partial charge in [-0.1, -0.05) is 6.07 Å². The van der Waals surface area contributed by atoms with Gasteiger partial charge < -0.3 is 20.3 Å². The van der Waals surface area contributed by atoms with Gasteiger partial charge in [0.05, 0.1) is 16.0 Å². The Morgan fingerprint density at radius 2 is 1.32 bits per heavy atom. The van der Waals surface area contributed by atoms with Crippen LogP contribution in [-0.4, -0.2) is 59.3 Å². The molecule has 0 spiro atoms. The van der Waals surface area contributed by atoms with Crippen LogP contribution in [0.2, 0.25) is 0 Å². The first-order valence-corrected chi connectivity index (χ1v) is 15.1. The Bertz CT molecular complexity index is 2150. The molecule has 0 saturated carbocycles. The van der Waals surface area contributed by atoms with Gasteiger partial charge in [-0.3, -0.25) is 9.44 Å². The molecule has 0 amide bonds. The molecule has 0 bridgehead atoms. The SMILES string of the molecule is O=C(O)c1ccc(NS(=O)(=O)c2ccc3c(/N=N/c4nnc[nH]4)c(O)c(S(=O)(=O)Nc4ccc(C(=O)O)cc4)cc3c2)cc1. The number of nitrogens with zero attached hydrogens (tertiary/aromatic N) is 4. The van der Waals surface area contributed by atoms with Crippen molar-refractivity contribution < 1.29 is 41.7 Å². The average Bonchev–Trinajstić information content (AvgIpc) is 3.50. The fraction of sp³-hybridized carbons (Fsp3) is 0. The average molecular weight is 638 g/mol. The summed E-state index contributed by atoms with van der Waals surface area (Å²) >= 11 is 0. The number of aromatic carboxylic acids is 2. The van der Waals surface area contributed by atoms with Crippen molar-refractivity contribution in [2.24, 2.45) is 10.2 Å². The molecule has 5 rings (SSSR count). The molecule has 0 aliphatic heterocycles. The topological polar surface area (TPSA) is 253 Å². The van der Waals surface area contributed by atoms with Crippen LogP contribution in [0.25, 0.3) is 10.8 Å². The molecule has 1 aromatic heterocycles. The third-order valence-electron chi connectivity index (χ3n) is 6.04. The van der Waals surface area contributed by atoms with Crippen LogP contribution >= 0.6 is 0 Å². The summed E-state index contributed by atoms with van der Waals surface area (Å²) in [5.41, 5.74) is -0.415. The molecule has 0 saturated heterocycles. The summed E-state index contributed by atoms with van der Waals surface area (Å²) in [5.74, 6) is -3.29. The highest BCUT2D eigenvalue weighted by Gasteiger charge is 2.25. The van der Waals surface area contributed by atoms with Crippen LogP contribution in [0.4, 0.5) is 23.0 Å². The van der Waals surface area contributed by atoms with E-state index < -0.39 is 42.6 Å². The summed E-state index contributed by atoms with van der Waals surface area (Å²) in [5, 5.41) is 44.3. The zero-order valence-corrected chi connectivity index (χ0v) is 23.5. The highest BCUT2D eigenvalue weighted by molar-refractivity contribution is 7.93. The lowest BCUT2D eigenvalue weighted by Crippen LogP contribution is -2.14. The van der Waals surface area contributed by atoms with Crippen molar-refractivity contribution in [3.8, 4) is 5.75 Å². The van der Waals surface area contributed by atoms with E-state index in [1.807, 2.05) is 0 Å². The predicted octanol–water partition coefficient (Wildman–Crippen LogP) is 4.08. The molecule has 0 atom stereocenters. The van der Waals surface area contributed by atoms with Crippen LogP contribution in [0, 0.1) is 0 Å². The number of carboxylic acid groups (broad SMARTS) is 2. The summed E-state index contributed by atoms with van der Waals surface area (Å²) in [7, 11) is -8.84. The molecule has 16 nitrogen and oxygen atoms in total. The maximum Gasteiger partial charge on any atom is 0.335 e. The lowest BCUT2D eigenvalue weighted by molar-refractivity contribution is 0.0686. The molecule has 44 heavy (non-hydrogen) atoms. The number of sulfonamides is 2. The Morgan fingerprint density at radius 1 is 0.750 bits per heavy atom. The molecule has 1 heterocycles. The number of phenolic OH excluding ortho intramolecular Hbond substituents is 1. The standard InChI is InChI=1S/C26H19N7O9S2/c34-23-21(44(41,42)33-18-7-3-15(4-8-18)25(37)38)12-16-11-19(9-10-20(16)22(23)29-31-26-27-13-28-30-26)43(39,40)32-17-5-1-14(2-6-17)24(35)36/h1-13,32-34H,(H,35,36)(H,37,38)(H,27,28,30)/b31-29+. The van der Waals surface area contributed by atoms with Crippen molar-refractivity contribution in [2.45, 2.75) is 9.79 Å². The molecule has 0 radical (unpaired) electrons. The van der Waals surface area contributed by atoms with Crippen molar-refractivity contribution >= 4 is 65.8 Å². The van der Waals surface area contributed by atoms with E-state index in [1.54, 1.807) is 0 Å². The summed E-state index contributed by atoms with van der Waals surface area (Å²) in [4.78, 5) is 23.8. The molecule has 224 valence electrons. The number of carbonyl (C=O) groups is 2. The van der Waals surface area contributed by atoms with Gasteiger partial charge in [-0.2, -0.15) is 0 Å². The first kappa shape index (κ1) is 29.6. The number of carboxylic acids is 2. The van der Waals surface area contributed by atoms with Crippen molar-refractivity contribution in [3.05, 3.63) is 90.3 Å². The number of hydrogen-bond donors (Lipinski definition) is 6. The number of hydrogen-bond acceptors (Lipinski definition) is 11. The van der Waals surface area contributed by atoms with Gasteiger partial charge in [0.2, 0.25) is 0 Å². The monoisotopic (exact) mass is 637 g/mol. The molecule has 0 aliphatic rings. The second kappa shape index (κ2) is 11.4. The Morgan fingerprint density at radius 3 is 1.84 bits per heavy atom. The van der Waals surface area contributed by atoms with E-state index >= 15 is 0 Å². The summed E-state index contributed by atoms with van der Waals surface area (Å²) in [6, 6.07) is 14.4. The van der Waals surface area contributed by atoms with Gasteiger partial charge in [-0.25, -0.2) is 26.4 Å². The molecule has 5 aromatic rings. The number of fused-ring (bicyclic) bond motifs is 1. The highest BCUT2D eigenvalue weighted by Crippen LogP contribution is 2.42. The van der Waals surface area contributed by atoms with Crippen molar-refractivity contribution in [1.82, 2.24) is 15.2 Å².